The maximum Gasteiger partial charge on any atom is 0.416 e. The standard InChI is InChI=1S/C29H41F3N4O3/c1-4-19(2)27(34-21-6-5-10-35(15-21)12-13-36-11-9-22(37)16-36)24-17-39-18-25(24)28(33-3)23-8-7-20(14-26(23)38)29(30,31)32/h7-8,14,21-22,34,37-38H,4-6,9-13,15-18H2,1-3H3/b27-19-,33-28-. The Kier molecular flexibility index (Phi) is 9.74. The molecule has 2 fully saturated rings. The third-order valence-electron chi connectivity index (χ3n) is 8.04. The first-order chi connectivity index (χ1) is 18.6. The van der Waals surface area contributed by atoms with Crippen molar-refractivity contribution in [2.45, 2.75) is 57.9 Å². The predicted octanol–water partition coefficient (Wildman–Crippen LogP) is 3.96. The molecule has 10 heteroatoms. The number of aliphatic imine (C=N–C) groups is 1. The van der Waals surface area contributed by atoms with Gasteiger partial charge in [0.2, 0.25) is 0 Å². The van der Waals surface area contributed by atoms with E-state index in [0.717, 1.165) is 93.9 Å². The van der Waals surface area contributed by atoms with E-state index in [2.05, 4.69) is 34.0 Å². The smallest absolute Gasteiger partial charge is 0.416 e. The van der Waals surface area contributed by atoms with Gasteiger partial charge in [0.05, 0.1) is 30.6 Å². The molecule has 2 unspecified atom stereocenters. The molecule has 216 valence electrons. The fourth-order valence-corrected chi connectivity index (χ4v) is 5.71. The van der Waals surface area contributed by atoms with Crippen LogP contribution in [0.15, 0.2) is 45.6 Å². The van der Waals surface area contributed by atoms with Gasteiger partial charge < -0.3 is 25.2 Å². The number of β-amino-alcohol motifs (C(OH)–C–C–N with tert-alkyl or cyclic N) is 1. The monoisotopic (exact) mass is 550 g/mol. The molecule has 0 aliphatic carbocycles. The number of nitrogens with one attached hydrogen (secondary N) is 1. The van der Waals surface area contributed by atoms with Gasteiger partial charge in [-0.15, -0.1) is 0 Å². The summed E-state index contributed by atoms with van der Waals surface area (Å²) in [6, 6.07) is 3.26. The van der Waals surface area contributed by atoms with Crippen molar-refractivity contribution in [3.63, 3.8) is 0 Å². The van der Waals surface area contributed by atoms with Gasteiger partial charge in [-0.25, -0.2) is 0 Å². The van der Waals surface area contributed by atoms with Crippen LogP contribution in [0.3, 0.4) is 0 Å². The molecule has 0 saturated carbocycles. The quantitative estimate of drug-likeness (QED) is 0.404. The molecular weight excluding hydrogens is 509 g/mol. The number of nitrogens with zero attached hydrogens (tertiary/aromatic N) is 3. The van der Waals surface area contributed by atoms with Gasteiger partial charge in [-0.3, -0.25) is 9.89 Å². The van der Waals surface area contributed by atoms with E-state index in [-0.39, 0.29) is 24.3 Å². The Balaban J connectivity index is 1.54. The predicted molar refractivity (Wildman–Crippen MR) is 146 cm³/mol. The highest BCUT2D eigenvalue weighted by molar-refractivity contribution is 6.15. The van der Waals surface area contributed by atoms with E-state index in [4.69, 9.17) is 4.74 Å². The minimum absolute atomic E-state index is 0.206. The van der Waals surface area contributed by atoms with Crippen LogP contribution >= 0.6 is 0 Å². The second kappa shape index (κ2) is 12.8. The minimum atomic E-state index is -4.54. The summed E-state index contributed by atoms with van der Waals surface area (Å²) in [6.07, 6.45) is -0.942. The summed E-state index contributed by atoms with van der Waals surface area (Å²) in [5.74, 6) is -0.455. The molecule has 0 aromatic heterocycles. The summed E-state index contributed by atoms with van der Waals surface area (Å²) in [4.78, 5) is 9.19. The third kappa shape index (κ3) is 7.22. The lowest BCUT2D eigenvalue weighted by Crippen LogP contribution is -2.47. The van der Waals surface area contributed by atoms with E-state index < -0.39 is 17.5 Å². The maximum absolute atomic E-state index is 13.2. The zero-order valence-corrected chi connectivity index (χ0v) is 23.2. The van der Waals surface area contributed by atoms with Crippen LogP contribution in [0.1, 0.15) is 50.7 Å². The number of likely N-dealkylation sites (tertiary alicyclic amines) is 2. The Morgan fingerprint density at radius 1 is 1.10 bits per heavy atom. The van der Waals surface area contributed by atoms with Gasteiger partial charge >= 0.3 is 6.18 Å². The van der Waals surface area contributed by atoms with E-state index in [1.54, 1.807) is 7.05 Å². The Labute approximate surface area is 229 Å². The molecule has 1 aromatic carbocycles. The number of rotatable bonds is 9. The Morgan fingerprint density at radius 3 is 2.44 bits per heavy atom. The van der Waals surface area contributed by atoms with E-state index >= 15 is 0 Å². The molecule has 0 radical (unpaired) electrons. The first-order valence-electron chi connectivity index (χ1n) is 13.9. The normalized spacial score (nSPS) is 24.4. The molecule has 0 bridgehead atoms. The number of piperidine rings is 1. The highest BCUT2D eigenvalue weighted by Gasteiger charge is 2.33. The molecular formula is C29H41F3N4O3. The van der Waals surface area contributed by atoms with Crippen molar-refractivity contribution in [3.8, 4) is 5.75 Å². The van der Waals surface area contributed by atoms with Crippen LogP contribution in [-0.4, -0.2) is 97.4 Å². The van der Waals surface area contributed by atoms with E-state index in [1.165, 1.54) is 11.6 Å². The lowest BCUT2D eigenvalue weighted by Gasteiger charge is -2.35. The second-order valence-corrected chi connectivity index (χ2v) is 10.8. The van der Waals surface area contributed by atoms with Gasteiger partial charge in [0, 0.05) is 68.2 Å². The van der Waals surface area contributed by atoms with Crippen LogP contribution in [0.25, 0.3) is 0 Å². The highest BCUT2D eigenvalue weighted by Crippen LogP contribution is 2.35. The van der Waals surface area contributed by atoms with Gasteiger partial charge in [0.1, 0.15) is 5.75 Å². The summed E-state index contributed by atoms with van der Waals surface area (Å²) in [5, 5.41) is 24.1. The number of aliphatic hydroxyl groups is 1. The van der Waals surface area contributed by atoms with Crippen LogP contribution in [0, 0.1) is 0 Å². The molecule has 3 N–H and O–H groups in total. The van der Waals surface area contributed by atoms with Gasteiger partial charge in [-0.1, -0.05) is 12.5 Å². The number of phenolic OH excluding ortho intramolecular Hbond substituents is 1. The number of phenols is 1. The topological polar surface area (TPSA) is 80.6 Å². The van der Waals surface area contributed by atoms with Crippen molar-refractivity contribution in [1.29, 1.82) is 0 Å². The molecule has 7 nitrogen and oxygen atoms in total. The van der Waals surface area contributed by atoms with E-state index in [1.807, 2.05) is 0 Å². The van der Waals surface area contributed by atoms with Crippen LogP contribution in [0.2, 0.25) is 0 Å². The molecule has 3 aliphatic rings. The summed E-state index contributed by atoms with van der Waals surface area (Å²) in [6.45, 7) is 10.4. The summed E-state index contributed by atoms with van der Waals surface area (Å²) >= 11 is 0. The first-order valence-corrected chi connectivity index (χ1v) is 13.9. The van der Waals surface area contributed by atoms with Crippen molar-refractivity contribution in [2.75, 3.05) is 59.5 Å². The molecule has 3 heterocycles. The van der Waals surface area contributed by atoms with Crippen LogP contribution in [0.5, 0.6) is 5.75 Å². The fourth-order valence-electron chi connectivity index (χ4n) is 5.71. The fraction of sp³-hybridized carbons (Fsp3) is 0.621. The van der Waals surface area contributed by atoms with Crippen molar-refractivity contribution in [1.82, 2.24) is 15.1 Å². The number of allylic oxidation sites excluding steroid dienone is 1. The molecule has 0 spiro atoms. The number of hydrogen-bond acceptors (Lipinski definition) is 7. The van der Waals surface area contributed by atoms with Crippen molar-refractivity contribution < 1.29 is 28.1 Å². The lowest BCUT2D eigenvalue weighted by molar-refractivity contribution is -0.137. The van der Waals surface area contributed by atoms with Crippen LogP contribution in [-0.2, 0) is 10.9 Å². The molecule has 2 saturated heterocycles. The number of alkyl halides is 3. The Morgan fingerprint density at radius 2 is 1.82 bits per heavy atom. The zero-order chi connectivity index (χ0) is 28.2. The van der Waals surface area contributed by atoms with Crippen molar-refractivity contribution in [3.05, 3.63) is 51.7 Å². The first kappa shape index (κ1) is 29.6. The number of halogens is 3. The van der Waals surface area contributed by atoms with Crippen molar-refractivity contribution in [2.24, 2.45) is 4.99 Å². The highest BCUT2D eigenvalue weighted by atomic mass is 19.4. The average molecular weight is 551 g/mol. The number of benzene rings is 1. The molecule has 4 rings (SSSR count). The second-order valence-electron chi connectivity index (χ2n) is 10.8. The Hall–Kier alpha value is -2.40. The summed E-state index contributed by atoms with van der Waals surface area (Å²) in [7, 11) is 1.58. The zero-order valence-electron chi connectivity index (χ0n) is 23.2. The molecule has 2 atom stereocenters. The number of hydrogen-bond donors (Lipinski definition) is 3. The third-order valence-corrected chi connectivity index (χ3v) is 8.04. The molecule has 0 amide bonds. The lowest BCUT2D eigenvalue weighted by atomic mass is 9.93. The van der Waals surface area contributed by atoms with Crippen LogP contribution in [0.4, 0.5) is 13.2 Å². The minimum Gasteiger partial charge on any atom is -0.507 e. The average Bonchev–Trinajstić information content (AvgIpc) is 3.55. The van der Waals surface area contributed by atoms with Gasteiger partial charge in [0.15, 0.2) is 0 Å². The van der Waals surface area contributed by atoms with Crippen LogP contribution < -0.4 is 5.32 Å². The van der Waals surface area contributed by atoms with Gasteiger partial charge in [0.25, 0.3) is 0 Å². The van der Waals surface area contributed by atoms with E-state index in [0.29, 0.717) is 12.3 Å². The number of aromatic hydroxyl groups is 1. The summed E-state index contributed by atoms with van der Waals surface area (Å²) in [5.41, 5.74) is 3.70. The maximum atomic E-state index is 13.2. The summed E-state index contributed by atoms with van der Waals surface area (Å²) < 4.78 is 45.4. The SMILES string of the molecule is CC/C(C)=C(\NC1CCCN(CCN2CCC(O)C2)C1)C1=C(/C(=N\C)c2ccc(C(F)(F)F)cc2O)COC1. The molecule has 3 aliphatic heterocycles. The number of ether oxygens (including phenoxy) is 1. The van der Waals surface area contributed by atoms with Crippen molar-refractivity contribution >= 4 is 5.71 Å². The van der Waals surface area contributed by atoms with Gasteiger partial charge in [-0.2, -0.15) is 13.2 Å². The molecule has 1 aromatic rings. The Bertz CT molecular complexity index is 1120. The van der Waals surface area contributed by atoms with E-state index in [9.17, 15) is 23.4 Å². The molecule has 39 heavy (non-hydrogen) atoms. The largest absolute Gasteiger partial charge is 0.507 e. The number of aliphatic hydroxyl groups excluding tert-OH is 1. The van der Waals surface area contributed by atoms with Gasteiger partial charge in [-0.05, 0) is 57.4 Å².